The second-order valence-electron chi connectivity index (χ2n) is 5.85. The van der Waals surface area contributed by atoms with Crippen molar-refractivity contribution in [2.24, 2.45) is 4.99 Å². The van der Waals surface area contributed by atoms with E-state index in [0.29, 0.717) is 18.6 Å². The van der Waals surface area contributed by atoms with Gasteiger partial charge in [0.05, 0.1) is 6.61 Å². The van der Waals surface area contributed by atoms with E-state index >= 15 is 0 Å². The van der Waals surface area contributed by atoms with Crippen LogP contribution in [-0.4, -0.2) is 56.6 Å². The molecule has 1 atom stereocenters. The second kappa shape index (κ2) is 11.3. The van der Waals surface area contributed by atoms with E-state index in [9.17, 15) is 4.79 Å². The maximum Gasteiger partial charge on any atom is 0.243 e. The first-order valence-corrected chi connectivity index (χ1v) is 8.45. The molecule has 0 spiro atoms. The predicted molar refractivity (Wildman–Crippen MR) is 98.4 cm³/mol. The highest BCUT2D eigenvalue weighted by Gasteiger charge is 2.06. The van der Waals surface area contributed by atoms with Gasteiger partial charge in [0.1, 0.15) is 12.3 Å². The number of guanidine groups is 1. The van der Waals surface area contributed by atoms with Gasteiger partial charge in [0.25, 0.3) is 0 Å². The van der Waals surface area contributed by atoms with Gasteiger partial charge in [-0.15, -0.1) is 0 Å². The standard InChI is InChI=1S/C18H30N4O2/c1-5-15(2)21-18(20-14-17(23)22(3)4)19-12-9-13-24-16-10-7-6-8-11-16/h6-8,10-11,15H,5,9,12-14H2,1-4H3,(H2,19,20,21). The molecule has 0 aromatic heterocycles. The fraction of sp³-hybridized carbons (Fsp3) is 0.556. The number of amides is 1. The van der Waals surface area contributed by atoms with Gasteiger partial charge in [-0.1, -0.05) is 25.1 Å². The van der Waals surface area contributed by atoms with E-state index in [-0.39, 0.29) is 12.5 Å². The molecule has 0 aliphatic heterocycles. The third-order valence-corrected chi connectivity index (χ3v) is 3.49. The van der Waals surface area contributed by atoms with Gasteiger partial charge in [-0.3, -0.25) is 4.79 Å². The first-order valence-electron chi connectivity index (χ1n) is 8.45. The Labute approximate surface area is 145 Å². The van der Waals surface area contributed by atoms with Crippen LogP contribution in [0.25, 0.3) is 0 Å². The Kier molecular flexibility index (Phi) is 9.34. The lowest BCUT2D eigenvalue weighted by atomic mass is 10.3. The molecule has 0 bridgehead atoms. The number of nitrogens with zero attached hydrogens (tertiary/aromatic N) is 2. The zero-order valence-electron chi connectivity index (χ0n) is 15.2. The van der Waals surface area contributed by atoms with Crippen molar-refractivity contribution in [1.29, 1.82) is 0 Å². The highest BCUT2D eigenvalue weighted by molar-refractivity contribution is 5.84. The molecular formula is C18H30N4O2. The monoisotopic (exact) mass is 334 g/mol. The number of para-hydroxylation sites is 1. The van der Waals surface area contributed by atoms with E-state index in [1.165, 1.54) is 4.90 Å². The Morgan fingerprint density at radius 3 is 2.62 bits per heavy atom. The lowest BCUT2D eigenvalue weighted by Gasteiger charge is -2.17. The molecule has 1 aromatic carbocycles. The lowest BCUT2D eigenvalue weighted by Crippen LogP contribution is -2.43. The van der Waals surface area contributed by atoms with Gasteiger partial charge in [-0.05, 0) is 31.9 Å². The first kappa shape index (κ1) is 19.8. The highest BCUT2D eigenvalue weighted by atomic mass is 16.5. The van der Waals surface area contributed by atoms with Gasteiger partial charge in [0, 0.05) is 26.7 Å². The van der Waals surface area contributed by atoms with Gasteiger partial charge < -0.3 is 20.3 Å². The average molecular weight is 334 g/mol. The van der Waals surface area contributed by atoms with Crippen molar-refractivity contribution in [3.63, 3.8) is 0 Å². The minimum absolute atomic E-state index is 0.0207. The summed E-state index contributed by atoms with van der Waals surface area (Å²) in [6, 6.07) is 10.1. The van der Waals surface area contributed by atoms with Gasteiger partial charge in [-0.25, -0.2) is 4.99 Å². The number of carbonyl (C=O) groups excluding carboxylic acids is 1. The third kappa shape index (κ3) is 8.41. The number of rotatable bonds is 9. The topological polar surface area (TPSA) is 66.0 Å². The number of hydrogen-bond acceptors (Lipinski definition) is 3. The molecule has 1 unspecified atom stereocenters. The van der Waals surface area contributed by atoms with Crippen LogP contribution in [0.15, 0.2) is 35.3 Å². The zero-order chi connectivity index (χ0) is 17.8. The molecule has 0 aliphatic rings. The van der Waals surface area contributed by atoms with Crippen LogP contribution in [0.1, 0.15) is 26.7 Å². The molecule has 24 heavy (non-hydrogen) atoms. The van der Waals surface area contributed by atoms with Crippen LogP contribution in [0.2, 0.25) is 0 Å². The largest absolute Gasteiger partial charge is 0.494 e. The van der Waals surface area contributed by atoms with Crippen LogP contribution in [0, 0.1) is 0 Å². The van der Waals surface area contributed by atoms with Crippen molar-refractivity contribution in [1.82, 2.24) is 15.5 Å². The number of benzene rings is 1. The predicted octanol–water partition coefficient (Wildman–Crippen LogP) is 1.88. The zero-order valence-corrected chi connectivity index (χ0v) is 15.2. The Balaban J connectivity index is 2.37. The van der Waals surface area contributed by atoms with Crippen molar-refractivity contribution in [2.75, 3.05) is 33.8 Å². The molecule has 0 saturated carbocycles. The molecule has 0 fully saturated rings. The number of carbonyl (C=O) groups is 1. The van der Waals surface area contributed by atoms with Crippen molar-refractivity contribution in [2.45, 2.75) is 32.7 Å². The Hall–Kier alpha value is -2.24. The van der Waals surface area contributed by atoms with E-state index in [1.54, 1.807) is 14.1 Å². The molecule has 6 nitrogen and oxygen atoms in total. The molecule has 6 heteroatoms. The van der Waals surface area contributed by atoms with Crippen LogP contribution in [0.5, 0.6) is 5.75 Å². The number of ether oxygens (including phenoxy) is 1. The van der Waals surface area contributed by atoms with Crippen LogP contribution in [0.4, 0.5) is 0 Å². The van der Waals surface area contributed by atoms with Gasteiger partial charge >= 0.3 is 0 Å². The summed E-state index contributed by atoms with van der Waals surface area (Å²) in [5.41, 5.74) is 0. The molecule has 0 radical (unpaired) electrons. The smallest absolute Gasteiger partial charge is 0.243 e. The average Bonchev–Trinajstić information content (AvgIpc) is 2.59. The number of aliphatic imine (C=N–C) groups is 1. The van der Waals surface area contributed by atoms with E-state index in [2.05, 4.69) is 29.5 Å². The number of likely N-dealkylation sites (N-methyl/N-ethyl adjacent to an activating group) is 1. The molecule has 1 amide bonds. The summed E-state index contributed by atoms with van der Waals surface area (Å²) in [5.74, 6) is 1.52. The molecule has 0 aliphatic carbocycles. The molecular weight excluding hydrogens is 304 g/mol. The maximum atomic E-state index is 11.7. The van der Waals surface area contributed by atoms with E-state index in [0.717, 1.165) is 25.1 Å². The Morgan fingerprint density at radius 2 is 2.00 bits per heavy atom. The van der Waals surface area contributed by atoms with Crippen molar-refractivity contribution in [3.8, 4) is 5.75 Å². The molecule has 0 heterocycles. The molecule has 134 valence electrons. The van der Waals surface area contributed by atoms with Gasteiger partial charge in [-0.2, -0.15) is 0 Å². The maximum absolute atomic E-state index is 11.7. The lowest BCUT2D eigenvalue weighted by molar-refractivity contribution is -0.127. The van der Waals surface area contributed by atoms with Crippen molar-refractivity contribution < 1.29 is 9.53 Å². The van der Waals surface area contributed by atoms with E-state index in [1.807, 2.05) is 30.3 Å². The fourth-order valence-electron chi connectivity index (χ4n) is 1.76. The van der Waals surface area contributed by atoms with Crippen LogP contribution in [0.3, 0.4) is 0 Å². The fourth-order valence-corrected chi connectivity index (χ4v) is 1.76. The van der Waals surface area contributed by atoms with E-state index < -0.39 is 0 Å². The van der Waals surface area contributed by atoms with Crippen LogP contribution >= 0.6 is 0 Å². The summed E-state index contributed by atoms with van der Waals surface area (Å²) in [7, 11) is 3.46. The quantitative estimate of drug-likeness (QED) is 0.411. The minimum Gasteiger partial charge on any atom is -0.494 e. The van der Waals surface area contributed by atoms with Crippen molar-refractivity contribution in [3.05, 3.63) is 30.3 Å². The SMILES string of the molecule is CCC(C)NC(=NCC(=O)N(C)C)NCCCOc1ccccc1. The Morgan fingerprint density at radius 1 is 1.29 bits per heavy atom. The summed E-state index contributed by atoms with van der Waals surface area (Å²) < 4.78 is 5.66. The van der Waals surface area contributed by atoms with Gasteiger partial charge in [0.15, 0.2) is 5.96 Å². The second-order valence-corrected chi connectivity index (χ2v) is 5.85. The molecule has 0 saturated heterocycles. The minimum atomic E-state index is -0.0207. The summed E-state index contributed by atoms with van der Waals surface area (Å²) >= 11 is 0. The summed E-state index contributed by atoms with van der Waals surface area (Å²) in [4.78, 5) is 17.6. The van der Waals surface area contributed by atoms with Crippen molar-refractivity contribution >= 4 is 11.9 Å². The highest BCUT2D eigenvalue weighted by Crippen LogP contribution is 2.07. The van der Waals surface area contributed by atoms with E-state index in [4.69, 9.17) is 4.74 Å². The summed E-state index contributed by atoms with van der Waals surface area (Å²) in [6.07, 6.45) is 1.83. The number of nitrogens with one attached hydrogen (secondary N) is 2. The third-order valence-electron chi connectivity index (χ3n) is 3.49. The van der Waals surface area contributed by atoms with Crippen LogP contribution < -0.4 is 15.4 Å². The normalized spacial score (nSPS) is 12.4. The first-order chi connectivity index (χ1) is 11.5. The van der Waals surface area contributed by atoms with Gasteiger partial charge in [0.2, 0.25) is 5.91 Å². The molecule has 1 aromatic rings. The number of hydrogen-bond donors (Lipinski definition) is 2. The molecule has 2 N–H and O–H groups in total. The summed E-state index contributed by atoms with van der Waals surface area (Å²) in [6.45, 7) is 5.69. The summed E-state index contributed by atoms with van der Waals surface area (Å²) in [5, 5.41) is 6.55. The Bertz CT molecular complexity index is 503. The molecule has 1 rings (SSSR count). The van der Waals surface area contributed by atoms with Crippen LogP contribution in [-0.2, 0) is 4.79 Å².